The molecule has 0 radical (unpaired) electrons. The van der Waals surface area contributed by atoms with Gasteiger partial charge in [0, 0.05) is 36.3 Å². The van der Waals surface area contributed by atoms with Crippen LogP contribution in [-0.2, 0) is 40.3 Å². The van der Waals surface area contributed by atoms with E-state index in [0.717, 1.165) is 50.5 Å². The third-order valence-corrected chi connectivity index (χ3v) is 13.4. The second-order valence-corrected chi connectivity index (χ2v) is 16.8. The molecule has 0 aromatic heterocycles. The first-order valence-electron chi connectivity index (χ1n) is 12.5. The summed E-state index contributed by atoms with van der Waals surface area (Å²) in [5.41, 5.74) is -1.16. The normalized spacial score (nSPS) is 15.9. The topological polar surface area (TPSA) is 218 Å². The van der Waals surface area contributed by atoms with Crippen LogP contribution in [0, 0.1) is 0 Å². The third kappa shape index (κ3) is 6.21. The van der Waals surface area contributed by atoms with Crippen molar-refractivity contribution in [1.82, 2.24) is 8.61 Å². The number of nitrogens with zero attached hydrogens (tertiary/aromatic N) is 2. The lowest BCUT2D eigenvalue weighted by molar-refractivity contribution is 0.0978. The Morgan fingerprint density at radius 1 is 0.595 bits per heavy atom. The van der Waals surface area contributed by atoms with Crippen LogP contribution in [0.2, 0.25) is 0 Å². The van der Waals surface area contributed by atoms with Crippen molar-refractivity contribution in [3.8, 4) is 0 Å². The van der Waals surface area contributed by atoms with E-state index in [9.17, 15) is 52.4 Å². The fourth-order valence-electron chi connectivity index (χ4n) is 4.60. The van der Waals surface area contributed by atoms with Gasteiger partial charge in [0.15, 0.2) is 22.3 Å². The molecule has 0 saturated heterocycles. The van der Waals surface area contributed by atoms with Crippen LogP contribution in [0.5, 0.6) is 0 Å². The second kappa shape index (κ2) is 11.8. The highest BCUT2D eigenvalue weighted by atomic mass is 32.2. The number of benzene rings is 2. The Balaban J connectivity index is 2.07. The van der Waals surface area contributed by atoms with Crippen molar-refractivity contribution in [3.05, 3.63) is 58.7 Å². The largest absolute Gasteiger partial charge is 0.289 e. The Labute approximate surface area is 244 Å². The van der Waals surface area contributed by atoms with E-state index < -0.39 is 72.4 Å². The molecule has 2 aromatic rings. The molecule has 2 aromatic carbocycles. The van der Waals surface area contributed by atoms with Crippen molar-refractivity contribution in [3.63, 3.8) is 0 Å². The highest BCUT2D eigenvalue weighted by Gasteiger charge is 2.39. The zero-order valence-electron chi connectivity index (χ0n) is 23.0. The van der Waals surface area contributed by atoms with Gasteiger partial charge >= 0.3 is 0 Å². The predicted molar refractivity (Wildman–Crippen MR) is 150 cm³/mol. The zero-order valence-corrected chi connectivity index (χ0v) is 26.2. The lowest BCUT2D eigenvalue weighted by Gasteiger charge is -2.26. The molecule has 0 heterocycles. The maximum absolute atomic E-state index is 13.3. The molecule has 0 fully saturated rings. The van der Waals surface area contributed by atoms with Crippen LogP contribution in [0.3, 0.4) is 0 Å². The first kappa shape index (κ1) is 33.9. The molecule has 3 rings (SSSR count). The van der Waals surface area contributed by atoms with Gasteiger partial charge in [-0.1, -0.05) is 26.7 Å². The van der Waals surface area contributed by atoms with Crippen LogP contribution < -0.4 is 0 Å². The van der Waals surface area contributed by atoms with Gasteiger partial charge in [-0.15, -0.1) is 0 Å². The lowest BCUT2D eigenvalue weighted by atomic mass is 9.84. The van der Waals surface area contributed by atoms with Crippen LogP contribution in [0.25, 0.3) is 0 Å². The van der Waals surface area contributed by atoms with E-state index in [2.05, 4.69) is 0 Å². The Morgan fingerprint density at radius 3 is 1.17 bits per heavy atom. The molecule has 2 atom stereocenters. The minimum Gasteiger partial charge on any atom is -0.289 e. The van der Waals surface area contributed by atoms with Crippen LogP contribution in [0.15, 0.2) is 46.2 Å². The number of carbonyl (C=O) groups excluding carboxylic acids is 2. The summed E-state index contributed by atoms with van der Waals surface area (Å²) in [4.78, 5) is 25.7. The van der Waals surface area contributed by atoms with Crippen LogP contribution in [0.1, 0.15) is 71.4 Å². The number of hydrogen-bond acceptors (Lipinski definition) is 10. The number of ketones is 2. The summed E-state index contributed by atoms with van der Waals surface area (Å²) < 4.78 is 120. The summed E-state index contributed by atoms with van der Waals surface area (Å²) in [6, 6.07) is 5.82. The molecular formula is C24H30N2O12S4. The van der Waals surface area contributed by atoms with E-state index in [1.807, 2.05) is 0 Å². The molecule has 0 spiro atoms. The predicted octanol–water partition coefficient (Wildman–Crippen LogP) is 1.73. The summed E-state index contributed by atoms with van der Waals surface area (Å²) in [6.07, 6.45) is 0.0179. The molecule has 2 N–H and O–H groups in total. The molecule has 1 aliphatic rings. The highest BCUT2D eigenvalue weighted by Crippen LogP contribution is 2.33. The molecule has 232 valence electrons. The summed E-state index contributed by atoms with van der Waals surface area (Å²) in [5, 5.41) is -3.59. The quantitative estimate of drug-likeness (QED) is 0.264. The highest BCUT2D eigenvalue weighted by molar-refractivity contribution is 7.92. The Morgan fingerprint density at radius 2 is 0.905 bits per heavy atom. The standard InChI is InChI=1S/C24H30N2O12S4/c1-5-7-21(41(33,34)35)25(3)39(29,30)15-9-11-17-19(13-15)23(27)18-12-10-16(14-20(18)24(17)28)40(31,32)26(4)22(8-6-2)42(36,37)38/h9-14,21-22H,5-8H2,1-4H3,(H,33,34,35)(H,36,37,38). The Hall–Kier alpha value is -2.58. The number of sulfonamides is 2. The Kier molecular flexibility index (Phi) is 9.56. The molecule has 0 amide bonds. The molecule has 18 heteroatoms. The molecule has 0 aliphatic heterocycles. The van der Waals surface area contributed by atoms with Crippen molar-refractivity contribution in [1.29, 1.82) is 0 Å². The van der Waals surface area contributed by atoms with Crippen molar-refractivity contribution in [2.24, 2.45) is 0 Å². The molecular weight excluding hydrogens is 637 g/mol. The number of carbonyl (C=O) groups is 2. The minimum atomic E-state index is -4.81. The SMILES string of the molecule is CCCC(N(C)S(=O)(=O)c1ccc2c(c1)C(=O)c1ccc(S(=O)(=O)N(C)C(CCC)S(=O)(=O)O)cc1C2=O)S(=O)(=O)O. The third-order valence-electron chi connectivity index (χ3n) is 6.88. The summed E-state index contributed by atoms with van der Waals surface area (Å²) in [6.45, 7) is 3.18. The maximum Gasteiger partial charge on any atom is 0.282 e. The van der Waals surface area contributed by atoms with E-state index in [1.54, 1.807) is 13.8 Å². The minimum absolute atomic E-state index is 0.214. The molecule has 2 unspecified atom stereocenters. The Bertz CT molecular complexity index is 1730. The van der Waals surface area contributed by atoms with Gasteiger partial charge in [0.05, 0.1) is 9.79 Å². The first-order chi connectivity index (χ1) is 19.2. The first-order valence-corrected chi connectivity index (χ1v) is 18.4. The van der Waals surface area contributed by atoms with Crippen LogP contribution >= 0.6 is 0 Å². The monoisotopic (exact) mass is 666 g/mol. The van der Waals surface area contributed by atoms with Crippen LogP contribution in [0.4, 0.5) is 0 Å². The number of hydrogen-bond donors (Lipinski definition) is 2. The molecule has 42 heavy (non-hydrogen) atoms. The van der Waals surface area contributed by atoms with Crippen molar-refractivity contribution in [2.45, 2.75) is 60.1 Å². The number of fused-ring (bicyclic) bond motifs is 2. The van der Waals surface area contributed by atoms with E-state index in [4.69, 9.17) is 0 Å². The number of rotatable bonds is 12. The van der Waals surface area contributed by atoms with Gasteiger partial charge in [-0.3, -0.25) is 18.7 Å². The van der Waals surface area contributed by atoms with Gasteiger partial charge < -0.3 is 0 Å². The molecule has 0 saturated carbocycles. The van der Waals surface area contributed by atoms with E-state index >= 15 is 0 Å². The smallest absolute Gasteiger partial charge is 0.282 e. The maximum atomic E-state index is 13.3. The summed E-state index contributed by atoms with van der Waals surface area (Å²) in [5.74, 6) is -1.64. The summed E-state index contributed by atoms with van der Waals surface area (Å²) >= 11 is 0. The van der Waals surface area contributed by atoms with Crippen molar-refractivity contribution >= 4 is 51.8 Å². The average molecular weight is 667 g/mol. The van der Waals surface area contributed by atoms with Crippen molar-refractivity contribution in [2.75, 3.05) is 14.1 Å². The van der Waals surface area contributed by atoms with E-state index in [0.29, 0.717) is 8.61 Å². The van der Waals surface area contributed by atoms with E-state index in [1.165, 1.54) is 0 Å². The van der Waals surface area contributed by atoms with Gasteiger partial charge in [0.25, 0.3) is 20.2 Å². The van der Waals surface area contributed by atoms with Gasteiger partial charge in [-0.25, -0.2) is 16.8 Å². The van der Waals surface area contributed by atoms with Gasteiger partial charge in [0.2, 0.25) is 20.0 Å². The zero-order chi connectivity index (χ0) is 32.0. The van der Waals surface area contributed by atoms with Crippen molar-refractivity contribution < 1.29 is 52.4 Å². The fraction of sp³-hybridized carbons (Fsp3) is 0.417. The van der Waals surface area contributed by atoms with Gasteiger partial charge in [-0.2, -0.15) is 25.4 Å². The average Bonchev–Trinajstić information content (AvgIpc) is 2.90. The summed E-state index contributed by atoms with van der Waals surface area (Å²) in [7, 11) is -16.9. The van der Waals surface area contributed by atoms with Gasteiger partial charge in [-0.05, 0) is 49.2 Å². The molecule has 1 aliphatic carbocycles. The lowest BCUT2D eigenvalue weighted by Crippen LogP contribution is -2.42. The fourth-order valence-corrected chi connectivity index (χ4v) is 10.3. The molecule has 14 nitrogen and oxygen atoms in total. The molecule has 0 bridgehead atoms. The second-order valence-electron chi connectivity index (χ2n) is 9.63. The van der Waals surface area contributed by atoms with E-state index in [-0.39, 0.29) is 47.9 Å². The van der Waals surface area contributed by atoms with Crippen LogP contribution in [-0.4, -0.2) is 87.8 Å². The van der Waals surface area contributed by atoms with Gasteiger partial charge in [0.1, 0.15) is 0 Å².